The molecule has 0 aromatic heterocycles. The van der Waals surface area contributed by atoms with Crippen LogP contribution >= 0.6 is 0 Å². The Hall–Kier alpha value is -2.90. The van der Waals surface area contributed by atoms with E-state index in [4.69, 9.17) is 0 Å². The molecule has 0 spiro atoms. The molecule has 0 unspecified atom stereocenters. The predicted octanol–water partition coefficient (Wildman–Crippen LogP) is 3.39. The van der Waals surface area contributed by atoms with Crippen molar-refractivity contribution >= 4 is 29.4 Å². The number of hydrogen-bond acceptors (Lipinski definition) is 4. The SMILES string of the molecule is CCCCCC[C@@]1(C)NC(=O)N(CC(=O)Nc2ccc(C(=O)N(CC)CC)cc2)C1=O. The highest BCUT2D eigenvalue weighted by Crippen LogP contribution is 2.24. The van der Waals surface area contributed by atoms with Gasteiger partial charge in [-0.2, -0.15) is 0 Å². The zero-order valence-corrected chi connectivity index (χ0v) is 19.0. The summed E-state index contributed by atoms with van der Waals surface area (Å²) in [5, 5.41) is 5.42. The van der Waals surface area contributed by atoms with E-state index in [2.05, 4.69) is 17.6 Å². The molecule has 8 nitrogen and oxygen atoms in total. The van der Waals surface area contributed by atoms with Gasteiger partial charge in [-0.1, -0.05) is 32.6 Å². The number of nitrogens with one attached hydrogen (secondary N) is 2. The Morgan fingerprint density at radius 2 is 1.68 bits per heavy atom. The van der Waals surface area contributed by atoms with Crippen molar-refractivity contribution in [2.24, 2.45) is 0 Å². The first-order chi connectivity index (χ1) is 14.8. The number of benzene rings is 1. The van der Waals surface area contributed by atoms with Crippen LogP contribution in [0.5, 0.6) is 0 Å². The van der Waals surface area contributed by atoms with Gasteiger partial charge in [-0.3, -0.25) is 19.3 Å². The summed E-state index contributed by atoms with van der Waals surface area (Å²) in [7, 11) is 0. The Bertz CT molecular complexity index is 804. The van der Waals surface area contributed by atoms with E-state index in [1.165, 1.54) is 0 Å². The maximum atomic E-state index is 12.8. The molecule has 1 heterocycles. The number of carbonyl (C=O) groups excluding carboxylic acids is 4. The molecular weight excluding hydrogens is 396 g/mol. The Balaban J connectivity index is 1.94. The normalized spacial score (nSPS) is 18.1. The second-order valence-corrected chi connectivity index (χ2v) is 8.07. The topological polar surface area (TPSA) is 98.8 Å². The number of unbranched alkanes of at least 4 members (excludes halogenated alkanes) is 3. The first-order valence-electron chi connectivity index (χ1n) is 11.1. The van der Waals surface area contributed by atoms with Crippen molar-refractivity contribution in [2.45, 2.75) is 65.3 Å². The lowest BCUT2D eigenvalue weighted by Crippen LogP contribution is -2.44. The Labute approximate surface area is 184 Å². The molecule has 0 radical (unpaired) electrons. The molecule has 1 atom stereocenters. The lowest BCUT2D eigenvalue weighted by Gasteiger charge is -2.21. The molecule has 1 aromatic rings. The third kappa shape index (κ3) is 6.06. The lowest BCUT2D eigenvalue weighted by atomic mass is 9.94. The van der Waals surface area contributed by atoms with Crippen LogP contribution in [0, 0.1) is 0 Å². The number of imide groups is 1. The highest BCUT2D eigenvalue weighted by atomic mass is 16.2. The van der Waals surface area contributed by atoms with Crippen molar-refractivity contribution in [3.8, 4) is 0 Å². The number of urea groups is 1. The van der Waals surface area contributed by atoms with E-state index in [0.29, 0.717) is 30.8 Å². The molecule has 8 heteroatoms. The average molecular weight is 431 g/mol. The second kappa shape index (κ2) is 10.9. The standard InChI is InChI=1S/C23H34N4O4/c1-5-8-9-10-15-23(4)21(30)27(22(31)25-23)16-19(28)24-18-13-11-17(12-14-18)20(29)26(6-2)7-3/h11-14H,5-10,15-16H2,1-4H3,(H,24,28)(H,25,31)/t23-/m1/s1. The zero-order valence-electron chi connectivity index (χ0n) is 19.0. The average Bonchev–Trinajstić information content (AvgIpc) is 2.95. The third-order valence-electron chi connectivity index (χ3n) is 5.64. The van der Waals surface area contributed by atoms with Crippen molar-refractivity contribution in [1.82, 2.24) is 15.1 Å². The van der Waals surface area contributed by atoms with E-state index in [1.54, 1.807) is 36.1 Å². The van der Waals surface area contributed by atoms with E-state index in [9.17, 15) is 19.2 Å². The van der Waals surface area contributed by atoms with Gasteiger partial charge in [0.2, 0.25) is 5.91 Å². The van der Waals surface area contributed by atoms with E-state index in [1.807, 2.05) is 13.8 Å². The van der Waals surface area contributed by atoms with Gasteiger partial charge in [0, 0.05) is 24.3 Å². The van der Waals surface area contributed by atoms with Crippen LogP contribution in [0.3, 0.4) is 0 Å². The Morgan fingerprint density at radius 1 is 1.03 bits per heavy atom. The molecule has 0 aliphatic carbocycles. The van der Waals surface area contributed by atoms with E-state index in [-0.39, 0.29) is 18.4 Å². The van der Waals surface area contributed by atoms with Crippen molar-refractivity contribution in [3.05, 3.63) is 29.8 Å². The summed E-state index contributed by atoms with van der Waals surface area (Å²) in [5.41, 5.74) is 0.0717. The summed E-state index contributed by atoms with van der Waals surface area (Å²) in [6.07, 6.45) is 4.58. The molecular formula is C23H34N4O4. The van der Waals surface area contributed by atoms with Gasteiger partial charge >= 0.3 is 6.03 Å². The summed E-state index contributed by atoms with van der Waals surface area (Å²) in [6, 6.07) is 6.03. The summed E-state index contributed by atoms with van der Waals surface area (Å²) < 4.78 is 0. The van der Waals surface area contributed by atoms with E-state index in [0.717, 1.165) is 30.6 Å². The van der Waals surface area contributed by atoms with E-state index >= 15 is 0 Å². The summed E-state index contributed by atoms with van der Waals surface area (Å²) in [6.45, 7) is 8.55. The van der Waals surface area contributed by atoms with Gasteiger partial charge in [0.05, 0.1) is 0 Å². The fourth-order valence-electron chi connectivity index (χ4n) is 3.70. The van der Waals surface area contributed by atoms with Gasteiger partial charge in [-0.25, -0.2) is 4.79 Å². The minimum Gasteiger partial charge on any atom is -0.339 e. The lowest BCUT2D eigenvalue weighted by molar-refractivity contribution is -0.133. The minimum absolute atomic E-state index is 0.0690. The molecule has 2 rings (SSSR count). The summed E-state index contributed by atoms with van der Waals surface area (Å²) in [4.78, 5) is 52.5. The van der Waals surface area contributed by atoms with Crippen LogP contribution in [0.15, 0.2) is 24.3 Å². The molecule has 1 aliphatic rings. The minimum atomic E-state index is -0.961. The number of amides is 5. The monoisotopic (exact) mass is 430 g/mol. The van der Waals surface area contributed by atoms with Crippen molar-refractivity contribution in [2.75, 3.05) is 25.0 Å². The van der Waals surface area contributed by atoms with Gasteiger partial charge in [0.15, 0.2) is 0 Å². The molecule has 1 fully saturated rings. The van der Waals surface area contributed by atoms with Crippen LogP contribution in [0.4, 0.5) is 10.5 Å². The Kier molecular flexibility index (Phi) is 8.59. The largest absolute Gasteiger partial charge is 0.339 e. The van der Waals surface area contributed by atoms with Crippen LogP contribution in [-0.2, 0) is 9.59 Å². The van der Waals surface area contributed by atoms with Crippen molar-refractivity contribution < 1.29 is 19.2 Å². The number of carbonyl (C=O) groups is 4. The molecule has 31 heavy (non-hydrogen) atoms. The van der Waals surface area contributed by atoms with Gasteiger partial charge < -0.3 is 15.5 Å². The molecule has 170 valence electrons. The number of rotatable bonds is 11. The number of nitrogens with zero attached hydrogens (tertiary/aromatic N) is 2. The fraction of sp³-hybridized carbons (Fsp3) is 0.565. The zero-order chi connectivity index (χ0) is 23.0. The fourth-order valence-corrected chi connectivity index (χ4v) is 3.70. The maximum absolute atomic E-state index is 12.8. The number of hydrogen-bond donors (Lipinski definition) is 2. The van der Waals surface area contributed by atoms with Crippen LogP contribution in [0.2, 0.25) is 0 Å². The Morgan fingerprint density at radius 3 is 2.26 bits per heavy atom. The molecule has 1 aromatic carbocycles. The van der Waals surface area contributed by atoms with Gasteiger partial charge in [-0.05, 0) is 51.5 Å². The maximum Gasteiger partial charge on any atom is 0.325 e. The first kappa shape index (κ1) is 24.4. The van der Waals surface area contributed by atoms with E-state index < -0.39 is 17.5 Å². The molecule has 1 aliphatic heterocycles. The predicted molar refractivity (Wildman–Crippen MR) is 120 cm³/mol. The molecule has 0 saturated carbocycles. The summed E-state index contributed by atoms with van der Waals surface area (Å²) in [5.74, 6) is -0.911. The second-order valence-electron chi connectivity index (χ2n) is 8.07. The van der Waals surface area contributed by atoms with Crippen LogP contribution in [-0.4, -0.2) is 58.7 Å². The number of anilines is 1. The molecule has 0 bridgehead atoms. The van der Waals surface area contributed by atoms with Gasteiger partial charge in [-0.15, -0.1) is 0 Å². The van der Waals surface area contributed by atoms with Crippen LogP contribution in [0.25, 0.3) is 0 Å². The molecule has 1 saturated heterocycles. The van der Waals surface area contributed by atoms with Crippen LogP contribution in [0.1, 0.15) is 70.2 Å². The van der Waals surface area contributed by atoms with Crippen LogP contribution < -0.4 is 10.6 Å². The smallest absolute Gasteiger partial charge is 0.325 e. The first-order valence-corrected chi connectivity index (χ1v) is 11.1. The molecule has 2 N–H and O–H groups in total. The quantitative estimate of drug-likeness (QED) is 0.415. The molecule has 5 amide bonds. The highest BCUT2D eigenvalue weighted by molar-refractivity contribution is 6.10. The third-order valence-corrected chi connectivity index (χ3v) is 5.64. The summed E-state index contributed by atoms with van der Waals surface area (Å²) >= 11 is 0. The van der Waals surface area contributed by atoms with Gasteiger partial charge in [0.1, 0.15) is 12.1 Å². The van der Waals surface area contributed by atoms with Crippen molar-refractivity contribution in [3.63, 3.8) is 0 Å². The highest BCUT2D eigenvalue weighted by Gasteiger charge is 2.47. The van der Waals surface area contributed by atoms with Crippen molar-refractivity contribution in [1.29, 1.82) is 0 Å². The van der Waals surface area contributed by atoms with Gasteiger partial charge in [0.25, 0.3) is 11.8 Å².